The third kappa shape index (κ3) is 2.61. The van der Waals surface area contributed by atoms with Crippen molar-refractivity contribution in [1.29, 1.82) is 0 Å². The van der Waals surface area contributed by atoms with E-state index in [1.54, 1.807) is 6.92 Å². The summed E-state index contributed by atoms with van der Waals surface area (Å²) in [5.41, 5.74) is -0.733. The number of esters is 1. The molecular weight excluding hydrogens is 264 g/mol. The zero-order chi connectivity index (χ0) is 14.8. The van der Waals surface area contributed by atoms with Crippen molar-refractivity contribution in [3.05, 3.63) is 34.4 Å². The molecule has 1 fully saturated rings. The molecule has 106 valence electrons. The Morgan fingerprint density at radius 3 is 2.40 bits per heavy atom. The number of nitrogens with one attached hydrogen (secondary N) is 1. The first kappa shape index (κ1) is 14.0. The average molecular weight is 278 g/mol. The minimum Gasteiger partial charge on any atom is -0.465 e. The topological polar surface area (TPSA) is 98.5 Å². The zero-order valence-electron chi connectivity index (χ0n) is 10.9. The van der Waals surface area contributed by atoms with Crippen LogP contribution in [-0.2, 0) is 14.3 Å². The Kier molecular flexibility index (Phi) is 3.69. The van der Waals surface area contributed by atoms with Crippen LogP contribution in [0.25, 0.3) is 0 Å². The van der Waals surface area contributed by atoms with Crippen LogP contribution in [-0.4, -0.2) is 23.4 Å². The SMILES string of the molecule is CCOC(=O)C1(C(=O)Nc2ccc([N+](=O)[O-])cc2)CC1. The summed E-state index contributed by atoms with van der Waals surface area (Å²) in [6.07, 6.45) is 0.926. The summed E-state index contributed by atoms with van der Waals surface area (Å²) >= 11 is 0. The lowest BCUT2D eigenvalue weighted by molar-refractivity contribution is -0.384. The van der Waals surface area contributed by atoms with Crippen LogP contribution >= 0.6 is 0 Å². The first-order valence-electron chi connectivity index (χ1n) is 6.23. The summed E-state index contributed by atoms with van der Waals surface area (Å²) in [6.45, 7) is 1.91. The van der Waals surface area contributed by atoms with Gasteiger partial charge in [0.1, 0.15) is 5.41 Å². The molecule has 0 aliphatic heterocycles. The van der Waals surface area contributed by atoms with Gasteiger partial charge in [0.15, 0.2) is 0 Å². The number of benzene rings is 1. The largest absolute Gasteiger partial charge is 0.465 e. The van der Waals surface area contributed by atoms with Crippen molar-refractivity contribution in [3.8, 4) is 0 Å². The van der Waals surface area contributed by atoms with Gasteiger partial charge < -0.3 is 10.1 Å². The summed E-state index contributed by atoms with van der Waals surface area (Å²) in [6, 6.07) is 5.44. The van der Waals surface area contributed by atoms with E-state index in [1.165, 1.54) is 24.3 Å². The summed E-state index contributed by atoms with van der Waals surface area (Å²) in [4.78, 5) is 33.8. The number of anilines is 1. The van der Waals surface area contributed by atoms with Gasteiger partial charge >= 0.3 is 5.97 Å². The number of hydrogen-bond acceptors (Lipinski definition) is 5. The predicted octanol–water partition coefficient (Wildman–Crippen LogP) is 1.88. The second-order valence-corrected chi connectivity index (χ2v) is 4.56. The van der Waals surface area contributed by atoms with Crippen molar-refractivity contribution in [2.75, 3.05) is 11.9 Å². The number of amides is 1. The molecule has 7 nitrogen and oxygen atoms in total. The Morgan fingerprint density at radius 2 is 1.95 bits per heavy atom. The minimum atomic E-state index is -1.09. The number of carbonyl (C=O) groups is 2. The van der Waals surface area contributed by atoms with Gasteiger partial charge in [0.2, 0.25) is 5.91 Å². The van der Waals surface area contributed by atoms with Crippen molar-refractivity contribution in [2.45, 2.75) is 19.8 Å². The Hall–Kier alpha value is -2.44. The molecule has 0 aromatic heterocycles. The van der Waals surface area contributed by atoms with Crippen molar-refractivity contribution < 1.29 is 19.2 Å². The smallest absolute Gasteiger partial charge is 0.321 e. The summed E-state index contributed by atoms with van der Waals surface area (Å²) in [5.74, 6) is -0.941. The van der Waals surface area contributed by atoms with Crippen LogP contribution in [0.4, 0.5) is 11.4 Å². The molecule has 1 N–H and O–H groups in total. The Bertz CT molecular complexity index is 548. The van der Waals surface area contributed by atoms with E-state index in [9.17, 15) is 19.7 Å². The lowest BCUT2D eigenvalue weighted by atomic mass is 10.1. The fourth-order valence-corrected chi connectivity index (χ4v) is 1.84. The first-order chi connectivity index (χ1) is 9.49. The number of rotatable bonds is 5. The van der Waals surface area contributed by atoms with Crippen LogP contribution in [0.3, 0.4) is 0 Å². The fourth-order valence-electron chi connectivity index (χ4n) is 1.84. The molecule has 0 spiro atoms. The first-order valence-corrected chi connectivity index (χ1v) is 6.23. The van der Waals surface area contributed by atoms with E-state index in [0.29, 0.717) is 18.5 Å². The highest BCUT2D eigenvalue weighted by molar-refractivity contribution is 6.11. The summed E-state index contributed by atoms with van der Waals surface area (Å²) in [7, 11) is 0. The lowest BCUT2D eigenvalue weighted by Gasteiger charge is -2.13. The quantitative estimate of drug-likeness (QED) is 0.383. The second-order valence-electron chi connectivity index (χ2n) is 4.56. The zero-order valence-corrected chi connectivity index (χ0v) is 10.9. The molecule has 0 heterocycles. The number of non-ortho nitro benzene ring substituents is 1. The van der Waals surface area contributed by atoms with Crippen molar-refractivity contribution in [2.24, 2.45) is 5.41 Å². The number of carbonyl (C=O) groups excluding carboxylic acids is 2. The molecule has 0 radical (unpaired) electrons. The Labute approximate surface area is 115 Å². The summed E-state index contributed by atoms with van der Waals surface area (Å²) in [5, 5.41) is 13.1. The van der Waals surface area contributed by atoms with Crippen LogP contribution in [0, 0.1) is 15.5 Å². The standard InChI is InChI=1S/C13H14N2O5/c1-2-20-12(17)13(7-8-13)11(16)14-9-3-5-10(6-4-9)15(18)19/h3-6H,2,7-8H2,1H3,(H,14,16). The molecule has 0 bridgehead atoms. The van der Waals surface area contributed by atoms with Gasteiger partial charge in [0.25, 0.3) is 5.69 Å². The van der Waals surface area contributed by atoms with Crippen molar-refractivity contribution in [1.82, 2.24) is 0 Å². The number of nitro benzene ring substituents is 1. The van der Waals surface area contributed by atoms with Gasteiger partial charge in [0.05, 0.1) is 11.5 Å². The lowest BCUT2D eigenvalue weighted by Crippen LogP contribution is -2.32. The van der Waals surface area contributed by atoms with Gasteiger partial charge in [0, 0.05) is 17.8 Å². The van der Waals surface area contributed by atoms with Crippen LogP contribution in [0.2, 0.25) is 0 Å². The Balaban J connectivity index is 2.05. The molecule has 20 heavy (non-hydrogen) atoms. The predicted molar refractivity (Wildman–Crippen MR) is 70.0 cm³/mol. The van der Waals surface area contributed by atoms with Gasteiger partial charge in [-0.25, -0.2) is 0 Å². The maximum absolute atomic E-state index is 12.1. The second kappa shape index (κ2) is 5.28. The molecular formula is C13H14N2O5. The number of hydrogen-bond donors (Lipinski definition) is 1. The maximum atomic E-state index is 12.1. The molecule has 0 unspecified atom stereocenters. The molecule has 2 rings (SSSR count). The van der Waals surface area contributed by atoms with Gasteiger partial charge in [-0.05, 0) is 31.9 Å². The molecule has 0 saturated heterocycles. The fraction of sp³-hybridized carbons (Fsp3) is 0.385. The van der Waals surface area contributed by atoms with E-state index in [1.807, 2.05) is 0 Å². The minimum absolute atomic E-state index is 0.0606. The van der Waals surface area contributed by atoms with Gasteiger partial charge in [-0.2, -0.15) is 0 Å². The van der Waals surface area contributed by atoms with Crippen molar-refractivity contribution in [3.63, 3.8) is 0 Å². The van der Waals surface area contributed by atoms with Crippen LogP contribution < -0.4 is 5.32 Å². The van der Waals surface area contributed by atoms with E-state index in [0.717, 1.165) is 0 Å². The normalized spacial score (nSPS) is 15.2. The molecule has 7 heteroatoms. The molecule has 1 aliphatic carbocycles. The number of ether oxygens (including phenoxy) is 1. The number of nitrogens with zero attached hydrogens (tertiary/aromatic N) is 1. The molecule has 1 aromatic rings. The van der Waals surface area contributed by atoms with Gasteiger partial charge in [-0.3, -0.25) is 19.7 Å². The molecule has 0 atom stereocenters. The molecule has 1 aromatic carbocycles. The third-order valence-electron chi connectivity index (χ3n) is 3.19. The van der Waals surface area contributed by atoms with Crippen LogP contribution in [0.15, 0.2) is 24.3 Å². The van der Waals surface area contributed by atoms with Crippen molar-refractivity contribution >= 4 is 23.3 Å². The highest BCUT2D eigenvalue weighted by Gasteiger charge is 2.58. The maximum Gasteiger partial charge on any atom is 0.321 e. The van der Waals surface area contributed by atoms with Crippen LogP contribution in [0.5, 0.6) is 0 Å². The number of nitro groups is 1. The van der Waals surface area contributed by atoms with E-state index in [2.05, 4.69) is 5.32 Å². The van der Waals surface area contributed by atoms with Gasteiger partial charge in [-0.15, -0.1) is 0 Å². The van der Waals surface area contributed by atoms with E-state index in [-0.39, 0.29) is 12.3 Å². The van der Waals surface area contributed by atoms with Gasteiger partial charge in [-0.1, -0.05) is 0 Å². The molecule has 1 saturated carbocycles. The molecule has 1 aliphatic rings. The monoisotopic (exact) mass is 278 g/mol. The van der Waals surface area contributed by atoms with E-state index >= 15 is 0 Å². The highest BCUT2D eigenvalue weighted by Crippen LogP contribution is 2.47. The van der Waals surface area contributed by atoms with E-state index in [4.69, 9.17) is 4.74 Å². The Morgan fingerprint density at radius 1 is 1.35 bits per heavy atom. The van der Waals surface area contributed by atoms with Crippen LogP contribution in [0.1, 0.15) is 19.8 Å². The molecule has 1 amide bonds. The summed E-state index contributed by atoms with van der Waals surface area (Å²) < 4.78 is 4.89. The van der Waals surface area contributed by atoms with E-state index < -0.39 is 22.2 Å². The third-order valence-corrected chi connectivity index (χ3v) is 3.19. The average Bonchev–Trinajstić information content (AvgIpc) is 3.21. The highest BCUT2D eigenvalue weighted by atomic mass is 16.6.